The number of ether oxygens (including phenoxy) is 2. The first-order valence-electron chi connectivity index (χ1n) is 17.2. The third-order valence-electron chi connectivity index (χ3n) is 9.06. The van der Waals surface area contributed by atoms with E-state index in [4.69, 9.17) is 15.2 Å². The molecule has 3 aromatic carbocycles. The molecule has 5 N–H and O–H groups in total. The number of amides is 2. The molecule has 5 rings (SSSR count). The van der Waals surface area contributed by atoms with E-state index in [9.17, 15) is 14.7 Å². The molecule has 3 atom stereocenters. The lowest BCUT2D eigenvalue weighted by atomic mass is 9.99. The number of nitrogen functional groups attached to an aromatic ring is 1. The molecule has 2 fully saturated rings. The van der Waals surface area contributed by atoms with Gasteiger partial charge in [0.1, 0.15) is 0 Å². The number of likely N-dealkylation sites (tertiary alicyclic amines) is 1. The van der Waals surface area contributed by atoms with Gasteiger partial charge in [-0.25, -0.2) is 0 Å². The summed E-state index contributed by atoms with van der Waals surface area (Å²) < 4.78 is 13.1. The zero-order valence-corrected chi connectivity index (χ0v) is 27.4. The Labute approximate surface area is 278 Å². The summed E-state index contributed by atoms with van der Waals surface area (Å²) in [5, 5.41) is 15.3. The van der Waals surface area contributed by atoms with Crippen LogP contribution >= 0.6 is 0 Å². The van der Waals surface area contributed by atoms with E-state index >= 15 is 0 Å². The van der Waals surface area contributed by atoms with Gasteiger partial charge in [0.15, 0.2) is 6.29 Å². The molecule has 2 heterocycles. The van der Waals surface area contributed by atoms with E-state index in [2.05, 4.69) is 15.5 Å². The van der Waals surface area contributed by atoms with Gasteiger partial charge in [0.05, 0.1) is 30.2 Å². The number of nitrogens with zero attached hydrogens (tertiary/aromatic N) is 1. The first kappa shape index (κ1) is 34.6. The van der Waals surface area contributed by atoms with Gasteiger partial charge in [-0.3, -0.25) is 9.59 Å². The second kappa shape index (κ2) is 18.0. The van der Waals surface area contributed by atoms with Crippen LogP contribution in [0.25, 0.3) is 0 Å². The topological polar surface area (TPSA) is 126 Å². The lowest BCUT2D eigenvalue weighted by molar-refractivity contribution is -0.253. The summed E-state index contributed by atoms with van der Waals surface area (Å²) in [6.45, 7) is 3.56. The molecule has 0 aromatic heterocycles. The van der Waals surface area contributed by atoms with Crippen molar-refractivity contribution >= 4 is 23.2 Å². The van der Waals surface area contributed by atoms with Crippen molar-refractivity contribution in [2.45, 2.75) is 95.9 Å². The molecule has 3 aromatic rings. The summed E-state index contributed by atoms with van der Waals surface area (Å²) in [5.41, 5.74) is 10.9. The van der Waals surface area contributed by atoms with Crippen LogP contribution in [0.5, 0.6) is 0 Å². The van der Waals surface area contributed by atoms with Crippen molar-refractivity contribution in [3.63, 3.8) is 0 Å². The molecule has 9 heteroatoms. The van der Waals surface area contributed by atoms with Crippen LogP contribution in [-0.2, 0) is 32.2 Å². The normalized spacial score (nSPS) is 20.6. The Bertz CT molecular complexity index is 1410. The number of aliphatic hydroxyl groups excluding tert-OH is 1. The van der Waals surface area contributed by atoms with E-state index in [1.54, 1.807) is 12.1 Å². The third kappa shape index (κ3) is 10.9. The van der Waals surface area contributed by atoms with Crippen LogP contribution in [0.3, 0.4) is 0 Å². The maximum Gasteiger partial charge on any atom is 0.224 e. The Kier molecular flexibility index (Phi) is 13.2. The quantitative estimate of drug-likeness (QED) is 0.126. The van der Waals surface area contributed by atoms with Gasteiger partial charge in [-0.05, 0) is 67.6 Å². The molecule has 2 amide bonds. The monoisotopic (exact) mass is 642 g/mol. The van der Waals surface area contributed by atoms with Gasteiger partial charge in [-0.2, -0.15) is 0 Å². The summed E-state index contributed by atoms with van der Waals surface area (Å²) in [6.07, 6.45) is 8.55. The van der Waals surface area contributed by atoms with E-state index in [1.165, 1.54) is 32.1 Å². The summed E-state index contributed by atoms with van der Waals surface area (Å²) in [5.74, 6) is -0.147. The molecule has 252 valence electrons. The van der Waals surface area contributed by atoms with E-state index in [0.29, 0.717) is 43.6 Å². The molecule has 3 unspecified atom stereocenters. The number of nitrogens with two attached hydrogens (primary N) is 1. The highest BCUT2D eigenvalue weighted by Gasteiger charge is 2.33. The number of benzene rings is 3. The number of carbonyl (C=O) groups excluding carboxylic acids is 2. The minimum atomic E-state index is -0.495. The number of aliphatic hydroxyl groups is 1. The zero-order valence-electron chi connectivity index (χ0n) is 27.4. The first-order chi connectivity index (χ1) is 23.0. The minimum absolute atomic E-state index is 0.0199. The van der Waals surface area contributed by atoms with E-state index < -0.39 is 6.29 Å². The van der Waals surface area contributed by atoms with E-state index in [1.807, 2.05) is 60.7 Å². The fraction of sp³-hybridized carbons (Fsp3) is 0.474. The maximum atomic E-state index is 12.5. The Morgan fingerprint density at radius 3 is 2.13 bits per heavy atom. The standard InChI is InChI=1S/C38H50N4O5/c39-33-10-4-5-11-34(33)41-37(45)13-7-6-12-36(44)40-25-28-14-20-31(21-15-28)38-46-32(26-42-22-8-2-1-3-9-23-42)24-35(47-38)30-18-16-29(27-43)17-19-30/h4-5,10-11,14-21,32,35,38,43H,1-3,6-9,12-13,22-27,39H2,(H,40,44)(H,41,45). The third-order valence-corrected chi connectivity index (χ3v) is 9.06. The fourth-order valence-electron chi connectivity index (χ4n) is 6.29. The lowest BCUT2D eigenvalue weighted by Gasteiger charge is -2.38. The fourth-order valence-corrected chi connectivity index (χ4v) is 6.29. The molecule has 0 saturated carbocycles. The average molecular weight is 643 g/mol. The van der Waals surface area contributed by atoms with Crippen molar-refractivity contribution in [3.8, 4) is 0 Å². The van der Waals surface area contributed by atoms with Crippen LogP contribution in [0.1, 0.15) is 98.9 Å². The van der Waals surface area contributed by atoms with Crippen molar-refractivity contribution in [3.05, 3.63) is 95.1 Å². The number of rotatable bonds is 13. The van der Waals surface area contributed by atoms with Gasteiger partial charge in [-0.15, -0.1) is 0 Å². The Morgan fingerprint density at radius 2 is 1.43 bits per heavy atom. The second-order valence-electron chi connectivity index (χ2n) is 12.8. The first-order valence-corrected chi connectivity index (χ1v) is 17.2. The number of hydrogen-bond donors (Lipinski definition) is 4. The molecule has 0 radical (unpaired) electrons. The highest BCUT2D eigenvalue weighted by molar-refractivity contribution is 5.93. The molecule has 0 spiro atoms. The van der Waals surface area contributed by atoms with Crippen LogP contribution < -0.4 is 16.4 Å². The highest BCUT2D eigenvalue weighted by atomic mass is 16.7. The molecule has 2 saturated heterocycles. The molecule has 9 nitrogen and oxygen atoms in total. The molecular formula is C38H50N4O5. The van der Waals surface area contributed by atoms with Gasteiger partial charge in [0.25, 0.3) is 0 Å². The lowest BCUT2D eigenvalue weighted by Crippen LogP contribution is -2.40. The predicted octanol–water partition coefficient (Wildman–Crippen LogP) is 6.39. The SMILES string of the molecule is Nc1ccccc1NC(=O)CCCCC(=O)NCc1ccc(C2OC(CN3CCCCCCC3)CC(c3ccc(CO)cc3)O2)cc1. The van der Waals surface area contributed by atoms with Crippen LogP contribution in [-0.4, -0.2) is 47.6 Å². The maximum absolute atomic E-state index is 12.5. The molecule has 47 heavy (non-hydrogen) atoms. The molecule has 0 aliphatic carbocycles. The number of nitrogens with one attached hydrogen (secondary N) is 2. The van der Waals surface area contributed by atoms with Crippen molar-refractivity contribution < 1.29 is 24.2 Å². The van der Waals surface area contributed by atoms with Crippen LogP contribution in [0, 0.1) is 0 Å². The van der Waals surface area contributed by atoms with Gasteiger partial charge in [-0.1, -0.05) is 79.9 Å². The molecular weight excluding hydrogens is 592 g/mol. The van der Waals surface area contributed by atoms with Crippen LogP contribution in [0.4, 0.5) is 11.4 Å². The van der Waals surface area contributed by atoms with Crippen molar-refractivity contribution in [2.24, 2.45) is 0 Å². The predicted molar refractivity (Wildman–Crippen MR) is 184 cm³/mol. The minimum Gasteiger partial charge on any atom is -0.397 e. The van der Waals surface area contributed by atoms with Crippen molar-refractivity contribution in [2.75, 3.05) is 30.7 Å². The van der Waals surface area contributed by atoms with Gasteiger partial charge in [0, 0.05) is 37.9 Å². The van der Waals surface area contributed by atoms with E-state index in [0.717, 1.165) is 48.3 Å². The Balaban J connectivity index is 1.11. The Hall–Kier alpha value is -3.76. The molecule has 2 aliphatic rings. The summed E-state index contributed by atoms with van der Waals surface area (Å²) in [6, 6.07) is 23.2. The summed E-state index contributed by atoms with van der Waals surface area (Å²) in [7, 11) is 0. The number of unbranched alkanes of at least 4 members (excludes halogenated alkanes) is 1. The van der Waals surface area contributed by atoms with E-state index in [-0.39, 0.29) is 30.6 Å². The van der Waals surface area contributed by atoms with Crippen molar-refractivity contribution in [1.82, 2.24) is 10.2 Å². The van der Waals surface area contributed by atoms with Gasteiger partial charge in [0.2, 0.25) is 11.8 Å². The van der Waals surface area contributed by atoms with Crippen LogP contribution in [0.2, 0.25) is 0 Å². The van der Waals surface area contributed by atoms with Crippen molar-refractivity contribution in [1.29, 1.82) is 0 Å². The van der Waals surface area contributed by atoms with Gasteiger partial charge < -0.3 is 35.8 Å². The smallest absolute Gasteiger partial charge is 0.224 e. The van der Waals surface area contributed by atoms with Gasteiger partial charge >= 0.3 is 0 Å². The number of carbonyl (C=O) groups is 2. The molecule has 2 aliphatic heterocycles. The molecule has 0 bridgehead atoms. The summed E-state index contributed by atoms with van der Waals surface area (Å²) in [4.78, 5) is 27.2. The Morgan fingerprint density at radius 1 is 0.787 bits per heavy atom. The summed E-state index contributed by atoms with van der Waals surface area (Å²) >= 11 is 0. The number of para-hydroxylation sites is 2. The van der Waals surface area contributed by atoms with Crippen LogP contribution in [0.15, 0.2) is 72.8 Å². The number of anilines is 2. The number of hydrogen-bond acceptors (Lipinski definition) is 7. The largest absolute Gasteiger partial charge is 0.397 e. The second-order valence-corrected chi connectivity index (χ2v) is 12.8. The average Bonchev–Trinajstić information content (AvgIpc) is 3.08. The highest BCUT2D eigenvalue weighted by Crippen LogP contribution is 2.38. The zero-order chi connectivity index (χ0) is 32.8.